The van der Waals surface area contributed by atoms with Crippen LogP contribution in [0.25, 0.3) is 10.2 Å². The van der Waals surface area contributed by atoms with Gasteiger partial charge in [-0.3, -0.25) is 9.69 Å². The largest absolute Gasteiger partial charge is 0.484 e. The minimum atomic E-state index is -0.171. The summed E-state index contributed by atoms with van der Waals surface area (Å²) < 4.78 is 12.2. The molecule has 6 heteroatoms. The van der Waals surface area contributed by atoms with E-state index in [1.54, 1.807) is 11.2 Å². The fourth-order valence-electron chi connectivity index (χ4n) is 2.85. The van der Waals surface area contributed by atoms with E-state index in [2.05, 4.69) is 24.0 Å². The lowest BCUT2D eigenvalue weighted by Gasteiger charge is -2.19. The van der Waals surface area contributed by atoms with Crippen molar-refractivity contribution >= 4 is 32.6 Å². The van der Waals surface area contributed by atoms with Gasteiger partial charge in [0.15, 0.2) is 11.7 Å². The van der Waals surface area contributed by atoms with Crippen LogP contribution in [0, 0.1) is 0 Å². The highest BCUT2D eigenvalue weighted by atomic mass is 32.1. The Hall–Kier alpha value is -3.12. The van der Waals surface area contributed by atoms with E-state index < -0.39 is 0 Å². The van der Waals surface area contributed by atoms with E-state index >= 15 is 0 Å². The van der Waals surface area contributed by atoms with Crippen LogP contribution in [0.2, 0.25) is 0 Å². The van der Waals surface area contributed by atoms with Crippen LogP contribution in [-0.2, 0) is 17.8 Å². The number of amides is 1. The fourth-order valence-corrected chi connectivity index (χ4v) is 3.90. The molecule has 28 heavy (non-hydrogen) atoms. The molecule has 2 heterocycles. The first-order valence-corrected chi connectivity index (χ1v) is 9.94. The molecule has 0 saturated heterocycles. The number of furan rings is 1. The summed E-state index contributed by atoms with van der Waals surface area (Å²) in [6, 6.07) is 19.2. The van der Waals surface area contributed by atoms with E-state index in [0.717, 1.165) is 16.6 Å². The summed E-state index contributed by atoms with van der Waals surface area (Å²) in [7, 11) is 0. The fraction of sp³-hybridized carbons (Fsp3) is 0.182. The van der Waals surface area contributed by atoms with Crippen molar-refractivity contribution in [3.8, 4) is 5.75 Å². The molecule has 5 nitrogen and oxygen atoms in total. The number of aromatic nitrogens is 1. The van der Waals surface area contributed by atoms with Crippen LogP contribution in [0.3, 0.4) is 0 Å². The van der Waals surface area contributed by atoms with Crippen LogP contribution in [0.1, 0.15) is 18.2 Å². The molecule has 0 bridgehead atoms. The van der Waals surface area contributed by atoms with Crippen LogP contribution >= 0.6 is 11.3 Å². The van der Waals surface area contributed by atoms with Gasteiger partial charge in [0.2, 0.25) is 0 Å². The lowest BCUT2D eigenvalue weighted by Crippen LogP contribution is -2.34. The molecule has 4 rings (SSSR count). The third-order valence-corrected chi connectivity index (χ3v) is 5.42. The molecular weight excluding hydrogens is 372 g/mol. The maximum absolute atomic E-state index is 13.0. The van der Waals surface area contributed by atoms with Gasteiger partial charge in [-0.25, -0.2) is 4.98 Å². The lowest BCUT2D eigenvalue weighted by atomic mass is 10.2. The number of thiazole rings is 1. The molecule has 1 amide bonds. The number of para-hydroxylation sites is 1. The molecule has 0 aliphatic carbocycles. The van der Waals surface area contributed by atoms with Gasteiger partial charge in [-0.1, -0.05) is 42.5 Å². The van der Waals surface area contributed by atoms with Crippen LogP contribution < -0.4 is 9.64 Å². The molecule has 2 aromatic carbocycles. The number of carbonyl (C=O) groups excluding carboxylic acids is 1. The molecule has 142 valence electrons. The van der Waals surface area contributed by atoms with Crippen LogP contribution in [0.15, 0.2) is 71.3 Å². The quantitative estimate of drug-likeness (QED) is 0.441. The second-order valence-electron chi connectivity index (χ2n) is 6.31. The maximum atomic E-state index is 13.0. The number of aryl methyl sites for hydroxylation is 1. The second kappa shape index (κ2) is 8.27. The Kier molecular flexibility index (Phi) is 5.39. The van der Waals surface area contributed by atoms with Crippen molar-refractivity contribution in [1.82, 2.24) is 4.98 Å². The maximum Gasteiger partial charge on any atom is 0.267 e. The number of fused-ring (bicyclic) bond motifs is 1. The zero-order valence-electron chi connectivity index (χ0n) is 15.5. The Labute approximate surface area is 167 Å². The highest BCUT2D eigenvalue weighted by molar-refractivity contribution is 7.22. The molecule has 0 atom stereocenters. The number of hydrogen-bond donors (Lipinski definition) is 0. The first kappa shape index (κ1) is 18.3. The summed E-state index contributed by atoms with van der Waals surface area (Å²) in [6.45, 7) is 2.36. The van der Waals surface area contributed by atoms with Gasteiger partial charge >= 0.3 is 0 Å². The molecule has 0 N–H and O–H groups in total. The predicted molar refractivity (Wildman–Crippen MR) is 111 cm³/mol. The molecule has 4 aromatic rings. The summed E-state index contributed by atoms with van der Waals surface area (Å²) in [5.74, 6) is 1.18. The molecule has 0 fully saturated rings. The van der Waals surface area contributed by atoms with Gasteiger partial charge in [-0.05, 0) is 48.4 Å². The first-order chi connectivity index (χ1) is 13.7. The molecule has 0 unspecified atom stereocenters. The van der Waals surface area contributed by atoms with E-state index in [1.165, 1.54) is 16.9 Å². The second-order valence-corrected chi connectivity index (χ2v) is 7.32. The SMILES string of the molecule is CCc1ccc2nc(N(Cc3ccco3)C(=O)COc3ccccc3)sc2c1. The molecule has 0 aliphatic rings. The van der Waals surface area contributed by atoms with Gasteiger partial charge in [0, 0.05) is 0 Å². The summed E-state index contributed by atoms with van der Waals surface area (Å²) in [6.07, 6.45) is 2.56. The van der Waals surface area contributed by atoms with Crippen LogP contribution in [0.5, 0.6) is 5.75 Å². The van der Waals surface area contributed by atoms with Gasteiger partial charge in [0.1, 0.15) is 11.5 Å². The predicted octanol–water partition coefficient (Wildman–Crippen LogP) is 5.06. The number of anilines is 1. The lowest BCUT2D eigenvalue weighted by molar-refractivity contribution is -0.120. The Balaban J connectivity index is 1.60. The van der Waals surface area contributed by atoms with Gasteiger partial charge in [-0.15, -0.1) is 0 Å². The number of carbonyl (C=O) groups is 1. The summed E-state index contributed by atoms with van der Waals surface area (Å²) >= 11 is 1.50. The molecule has 0 spiro atoms. The highest BCUT2D eigenvalue weighted by Gasteiger charge is 2.22. The minimum absolute atomic E-state index is 0.0686. The van der Waals surface area contributed by atoms with Crippen LogP contribution in [-0.4, -0.2) is 17.5 Å². The van der Waals surface area contributed by atoms with E-state index in [9.17, 15) is 4.79 Å². The summed E-state index contributed by atoms with van der Waals surface area (Å²) in [5, 5.41) is 0.640. The van der Waals surface area contributed by atoms with Crippen molar-refractivity contribution in [3.63, 3.8) is 0 Å². The van der Waals surface area contributed by atoms with Gasteiger partial charge in [-0.2, -0.15) is 0 Å². The normalized spacial score (nSPS) is 10.9. The highest BCUT2D eigenvalue weighted by Crippen LogP contribution is 2.31. The number of benzene rings is 2. The molecular formula is C22H20N2O3S. The number of nitrogens with zero attached hydrogens (tertiary/aromatic N) is 2. The Morgan fingerprint density at radius 1 is 1.14 bits per heavy atom. The standard InChI is InChI=1S/C22H20N2O3S/c1-2-16-10-11-19-20(13-16)28-22(23-19)24(14-18-9-6-12-26-18)21(25)15-27-17-7-4-3-5-8-17/h3-13H,2,14-15H2,1H3. The number of ether oxygens (including phenoxy) is 1. The summed E-state index contributed by atoms with van der Waals surface area (Å²) in [5.41, 5.74) is 2.14. The van der Waals surface area contributed by atoms with Crippen LogP contribution in [0.4, 0.5) is 5.13 Å². The first-order valence-electron chi connectivity index (χ1n) is 9.13. The van der Waals surface area contributed by atoms with E-state index in [0.29, 0.717) is 23.2 Å². The average Bonchev–Trinajstić information content (AvgIpc) is 3.39. The zero-order chi connectivity index (χ0) is 19.3. The topological polar surface area (TPSA) is 55.6 Å². The van der Waals surface area contributed by atoms with Gasteiger partial charge in [0.05, 0.1) is 23.0 Å². The third kappa shape index (κ3) is 4.07. The van der Waals surface area contributed by atoms with Gasteiger partial charge in [0.25, 0.3) is 5.91 Å². The van der Waals surface area contributed by atoms with Crippen molar-refractivity contribution in [1.29, 1.82) is 0 Å². The average molecular weight is 392 g/mol. The van der Waals surface area contributed by atoms with E-state index in [-0.39, 0.29) is 12.5 Å². The van der Waals surface area contributed by atoms with Gasteiger partial charge < -0.3 is 9.15 Å². The van der Waals surface area contributed by atoms with Crippen molar-refractivity contribution < 1.29 is 13.9 Å². The number of hydrogen-bond acceptors (Lipinski definition) is 5. The zero-order valence-corrected chi connectivity index (χ0v) is 16.3. The minimum Gasteiger partial charge on any atom is -0.484 e. The Morgan fingerprint density at radius 3 is 2.75 bits per heavy atom. The Morgan fingerprint density at radius 2 is 2.00 bits per heavy atom. The summed E-state index contributed by atoms with van der Waals surface area (Å²) in [4.78, 5) is 19.3. The van der Waals surface area contributed by atoms with Crippen molar-refractivity contribution in [2.24, 2.45) is 0 Å². The third-order valence-electron chi connectivity index (χ3n) is 4.38. The van der Waals surface area contributed by atoms with Crippen molar-refractivity contribution in [2.45, 2.75) is 19.9 Å². The Bertz CT molecular complexity index is 1060. The molecule has 0 saturated carbocycles. The monoisotopic (exact) mass is 392 g/mol. The van der Waals surface area contributed by atoms with E-state index in [4.69, 9.17) is 9.15 Å². The van der Waals surface area contributed by atoms with Crippen molar-refractivity contribution in [2.75, 3.05) is 11.5 Å². The molecule has 0 radical (unpaired) electrons. The number of rotatable bonds is 7. The smallest absolute Gasteiger partial charge is 0.267 e. The van der Waals surface area contributed by atoms with E-state index in [1.807, 2.05) is 48.5 Å². The van der Waals surface area contributed by atoms with Crippen molar-refractivity contribution in [3.05, 3.63) is 78.3 Å². The molecule has 2 aromatic heterocycles. The molecule has 0 aliphatic heterocycles.